The van der Waals surface area contributed by atoms with Gasteiger partial charge in [0.15, 0.2) is 0 Å². The van der Waals surface area contributed by atoms with E-state index in [-0.39, 0.29) is 11.3 Å². The quantitative estimate of drug-likeness (QED) is 0.512. The van der Waals surface area contributed by atoms with Gasteiger partial charge in [-0.1, -0.05) is 6.07 Å². The minimum atomic E-state index is -4.43. The number of halogens is 5. The van der Waals surface area contributed by atoms with Crippen LogP contribution >= 0.6 is 0 Å². The van der Waals surface area contributed by atoms with Gasteiger partial charge in [-0.15, -0.1) is 0 Å². The molecule has 0 spiro atoms. The molecule has 0 aliphatic rings. The van der Waals surface area contributed by atoms with Crippen molar-refractivity contribution in [3.63, 3.8) is 0 Å². The predicted molar refractivity (Wildman–Crippen MR) is 96.8 cm³/mol. The molecule has 0 fully saturated rings. The number of carbonyl (C=O) groups is 1. The fourth-order valence-electron chi connectivity index (χ4n) is 2.74. The predicted octanol–water partition coefficient (Wildman–Crippen LogP) is 3.98. The molecule has 2 heterocycles. The van der Waals surface area contributed by atoms with Gasteiger partial charge in [-0.25, -0.2) is 8.78 Å². The number of pyridine rings is 1. The third-order valence-electron chi connectivity index (χ3n) is 4.07. The highest BCUT2D eigenvalue weighted by atomic mass is 19.4. The Balaban J connectivity index is 1.98. The zero-order valence-corrected chi connectivity index (χ0v) is 14.9. The van der Waals surface area contributed by atoms with Crippen LogP contribution in [0.4, 0.5) is 27.6 Å². The molecular weight excluding hydrogens is 397 g/mol. The van der Waals surface area contributed by atoms with Crippen molar-refractivity contribution in [2.45, 2.75) is 19.0 Å². The summed E-state index contributed by atoms with van der Waals surface area (Å²) in [6.07, 6.45) is -3.98. The third kappa shape index (κ3) is 5.18. The third-order valence-corrected chi connectivity index (χ3v) is 4.07. The zero-order chi connectivity index (χ0) is 21.0. The van der Waals surface area contributed by atoms with Crippen LogP contribution < -0.4 is 10.6 Å². The first-order valence-electron chi connectivity index (χ1n) is 8.53. The SMILES string of the molecule is O=C(NCCC(F)(F)F)c1cnc2ccc(-c3cn[nH]c3)cc2c1NCC(F)F. The molecule has 3 N–H and O–H groups in total. The van der Waals surface area contributed by atoms with Crippen molar-refractivity contribution in [1.82, 2.24) is 20.5 Å². The smallest absolute Gasteiger partial charge is 0.378 e. The summed E-state index contributed by atoms with van der Waals surface area (Å²) < 4.78 is 62.5. The van der Waals surface area contributed by atoms with Crippen LogP contribution in [0, 0.1) is 0 Å². The maximum Gasteiger partial charge on any atom is 0.390 e. The van der Waals surface area contributed by atoms with Crippen molar-refractivity contribution in [2.24, 2.45) is 0 Å². The molecule has 2 aromatic heterocycles. The number of aromatic nitrogens is 3. The van der Waals surface area contributed by atoms with Gasteiger partial charge >= 0.3 is 6.18 Å². The Morgan fingerprint density at radius 3 is 2.62 bits per heavy atom. The van der Waals surface area contributed by atoms with E-state index in [1.54, 1.807) is 30.6 Å². The monoisotopic (exact) mass is 413 g/mol. The second kappa shape index (κ2) is 8.41. The van der Waals surface area contributed by atoms with Crippen LogP contribution in [0.2, 0.25) is 0 Å². The maximum absolute atomic E-state index is 12.8. The Hall–Kier alpha value is -3.24. The summed E-state index contributed by atoms with van der Waals surface area (Å²) in [5, 5.41) is 11.6. The van der Waals surface area contributed by atoms with Gasteiger partial charge < -0.3 is 10.6 Å². The number of amides is 1. The molecule has 0 aliphatic heterocycles. The first-order chi connectivity index (χ1) is 13.7. The van der Waals surface area contributed by atoms with Gasteiger partial charge in [-0.3, -0.25) is 14.9 Å². The number of anilines is 1. The van der Waals surface area contributed by atoms with Gasteiger partial charge in [0, 0.05) is 29.9 Å². The maximum atomic E-state index is 12.8. The van der Waals surface area contributed by atoms with Gasteiger partial charge in [0.25, 0.3) is 12.3 Å². The number of alkyl halides is 5. The summed E-state index contributed by atoms with van der Waals surface area (Å²) in [6, 6.07) is 5.05. The minimum Gasteiger partial charge on any atom is -0.378 e. The molecule has 1 aromatic carbocycles. The van der Waals surface area contributed by atoms with E-state index in [0.717, 1.165) is 11.8 Å². The van der Waals surface area contributed by atoms with E-state index in [9.17, 15) is 26.7 Å². The molecule has 1 amide bonds. The number of benzene rings is 1. The van der Waals surface area contributed by atoms with Gasteiger partial charge in [0.05, 0.1) is 35.9 Å². The minimum absolute atomic E-state index is 0.0742. The summed E-state index contributed by atoms with van der Waals surface area (Å²) in [5.74, 6) is -0.839. The van der Waals surface area contributed by atoms with Crippen LogP contribution in [0.25, 0.3) is 22.0 Å². The number of aromatic amines is 1. The fraction of sp³-hybridized carbons (Fsp3) is 0.278. The number of nitrogens with zero attached hydrogens (tertiary/aromatic N) is 2. The van der Waals surface area contributed by atoms with Gasteiger partial charge in [-0.2, -0.15) is 18.3 Å². The van der Waals surface area contributed by atoms with E-state index in [0.29, 0.717) is 16.5 Å². The zero-order valence-electron chi connectivity index (χ0n) is 14.9. The van der Waals surface area contributed by atoms with Gasteiger partial charge in [0.2, 0.25) is 0 Å². The van der Waals surface area contributed by atoms with Gasteiger partial charge in [0.1, 0.15) is 0 Å². The highest BCUT2D eigenvalue weighted by Crippen LogP contribution is 2.30. The number of hydrogen-bond acceptors (Lipinski definition) is 4. The first kappa shape index (κ1) is 20.5. The van der Waals surface area contributed by atoms with E-state index in [4.69, 9.17) is 0 Å². The number of nitrogens with one attached hydrogen (secondary N) is 3. The summed E-state index contributed by atoms with van der Waals surface area (Å²) in [4.78, 5) is 16.5. The molecule has 3 rings (SSSR count). The molecule has 0 saturated carbocycles. The van der Waals surface area contributed by atoms with E-state index in [1.165, 1.54) is 0 Å². The normalized spacial score (nSPS) is 11.8. The average molecular weight is 413 g/mol. The van der Waals surface area contributed by atoms with Crippen molar-refractivity contribution >= 4 is 22.5 Å². The van der Waals surface area contributed by atoms with Gasteiger partial charge in [-0.05, 0) is 17.7 Å². The molecular formula is C18H16F5N5O. The van der Waals surface area contributed by atoms with Crippen molar-refractivity contribution in [2.75, 3.05) is 18.4 Å². The lowest BCUT2D eigenvalue weighted by Crippen LogP contribution is -2.29. The topological polar surface area (TPSA) is 82.7 Å². The highest BCUT2D eigenvalue weighted by Gasteiger charge is 2.27. The van der Waals surface area contributed by atoms with Crippen molar-refractivity contribution < 1.29 is 26.7 Å². The fourth-order valence-corrected chi connectivity index (χ4v) is 2.74. The highest BCUT2D eigenvalue weighted by molar-refractivity contribution is 6.07. The molecule has 0 unspecified atom stereocenters. The van der Waals surface area contributed by atoms with Crippen LogP contribution in [-0.2, 0) is 0 Å². The second-order valence-electron chi connectivity index (χ2n) is 6.16. The molecule has 6 nitrogen and oxygen atoms in total. The summed E-state index contributed by atoms with van der Waals surface area (Å²) in [6.45, 7) is -1.37. The molecule has 0 bridgehead atoms. The Morgan fingerprint density at radius 2 is 1.97 bits per heavy atom. The number of carbonyl (C=O) groups excluding carboxylic acids is 1. The van der Waals surface area contributed by atoms with Crippen LogP contribution in [-0.4, -0.2) is 46.8 Å². The van der Waals surface area contributed by atoms with Crippen LogP contribution in [0.15, 0.2) is 36.8 Å². The van der Waals surface area contributed by atoms with E-state index in [1.807, 2.05) is 0 Å². The molecule has 0 atom stereocenters. The Morgan fingerprint density at radius 1 is 1.17 bits per heavy atom. The molecule has 11 heteroatoms. The standard InChI is InChI=1S/C18H16F5N5O/c19-15(20)9-26-16-12-5-10(11-6-27-28-7-11)1-2-14(12)25-8-13(16)17(29)24-4-3-18(21,22)23/h1-2,5-8,15H,3-4,9H2,(H,24,29)(H,25,26)(H,27,28). The molecule has 29 heavy (non-hydrogen) atoms. The van der Waals surface area contributed by atoms with Crippen LogP contribution in [0.1, 0.15) is 16.8 Å². The van der Waals surface area contributed by atoms with Crippen molar-refractivity contribution in [3.05, 3.63) is 42.4 Å². The molecule has 0 saturated heterocycles. The summed E-state index contributed by atoms with van der Waals surface area (Å²) in [7, 11) is 0. The molecule has 3 aromatic rings. The summed E-state index contributed by atoms with van der Waals surface area (Å²) in [5.41, 5.74) is 1.81. The lowest BCUT2D eigenvalue weighted by atomic mass is 10.0. The number of fused-ring (bicyclic) bond motifs is 1. The number of H-pyrrole nitrogens is 1. The van der Waals surface area contributed by atoms with Crippen molar-refractivity contribution in [3.8, 4) is 11.1 Å². The Labute approximate surface area is 161 Å². The van der Waals surface area contributed by atoms with Crippen molar-refractivity contribution in [1.29, 1.82) is 0 Å². The largest absolute Gasteiger partial charge is 0.390 e. The van der Waals surface area contributed by atoms with Crippen LogP contribution in [0.5, 0.6) is 0 Å². The summed E-state index contributed by atoms with van der Waals surface area (Å²) >= 11 is 0. The lowest BCUT2D eigenvalue weighted by molar-refractivity contribution is -0.132. The second-order valence-corrected chi connectivity index (χ2v) is 6.16. The molecule has 154 valence electrons. The van der Waals surface area contributed by atoms with E-state index < -0.39 is 38.0 Å². The number of rotatable bonds is 7. The molecule has 0 aliphatic carbocycles. The van der Waals surface area contributed by atoms with E-state index >= 15 is 0 Å². The van der Waals surface area contributed by atoms with E-state index in [2.05, 4.69) is 25.8 Å². The Kier molecular flexibility index (Phi) is 5.95. The first-order valence-corrected chi connectivity index (χ1v) is 8.53. The van der Waals surface area contributed by atoms with Crippen LogP contribution in [0.3, 0.4) is 0 Å². The Bertz CT molecular complexity index is 988. The average Bonchev–Trinajstić information content (AvgIpc) is 3.19. The number of hydrogen-bond donors (Lipinski definition) is 3. The lowest BCUT2D eigenvalue weighted by Gasteiger charge is -2.15. The molecule has 0 radical (unpaired) electrons.